The van der Waals surface area contributed by atoms with Crippen molar-refractivity contribution in [2.24, 2.45) is 11.7 Å². The summed E-state index contributed by atoms with van der Waals surface area (Å²) >= 11 is 0. The smallest absolute Gasteiger partial charge is 0.217 e. The molecule has 0 unspecified atom stereocenters. The van der Waals surface area contributed by atoms with Gasteiger partial charge in [-0.25, -0.2) is 0 Å². The van der Waals surface area contributed by atoms with Crippen molar-refractivity contribution in [3.05, 3.63) is 0 Å². The van der Waals surface area contributed by atoms with E-state index in [0.717, 1.165) is 31.8 Å². The van der Waals surface area contributed by atoms with Crippen LogP contribution in [0.1, 0.15) is 44.9 Å². The molecule has 1 aliphatic carbocycles. The van der Waals surface area contributed by atoms with Crippen LogP contribution in [0.25, 0.3) is 0 Å². The zero-order valence-electron chi connectivity index (χ0n) is 8.93. The molecule has 82 valence electrons. The summed E-state index contributed by atoms with van der Waals surface area (Å²) in [5, 5.41) is 3.45. The van der Waals surface area contributed by atoms with Crippen LogP contribution in [0.4, 0.5) is 0 Å². The van der Waals surface area contributed by atoms with Crippen LogP contribution in [0.3, 0.4) is 0 Å². The van der Waals surface area contributed by atoms with Gasteiger partial charge >= 0.3 is 0 Å². The molecular weight excluding hydrogens is 176 g/mol. The lowest BCUT2D eigenvalue weighted by Gasteiger charge is -2.09. The van der Waals surface area contributed by atoms with E-state index in [4.69, 9.17) is 5.73 Å². The largest absolute Gasteiger partial charge is 0.370 e. The summed E-state index contributed by atoms with van der Waals surface area (Å²) in [6.45, 7) is 2.19. The normalized spacial score (nSPS) is 17.4. The van der Waals surface area contributed by atoms with Crippen molar-refractivity contribution in [2.45, 2.75) is 44.9 Å². The summed E-state index contributed by atoms with van der Waals surface area (Å²) in [5.41, 5.74) is 5.05. The van der Waals surface area contributed by atoms with Gasteiger partial charge in [0.2, 0.25) is 5.91 Å². The van der Waals surface area contributed by atoms with E-state index in [2.05, 4.69) is 5.32 Å². The molecule has 0 bridgehead atoms. The fourth-order valence-corrected chi connectivity index (χ4v) is 2.07. The first-order valence-electron chi connectivity index (χ1n) is 5.78. The number of rotatable bonds is 7. The molecule has 1 saturated carbocycles. The van der Waals surface area contributed by atoms with Gasteiger partial charge in [-0.2, -0.15) is 0 Å². The predicted molar refractivity (Wildman–Crippen MR) is 57.9 cm³/mol. The summed E-state index contributed by atoms with van der Waals surface area (Å²) in [4.78, 5) is 10.4. The maximum Gasteiger partial charge on any atom is 0.217 e. The van der Waals surface area contributed by atoms with Gasteiger partial charge in [0.15, 0.2) is 0 Å². The highest BCUT2D eigenvalue weighted by atomic mass is 16.1. The Morgan fingerprint density at radius 2 is 2.00 bits per heavy atom. The van der Waals surface area contributed by atoms with Crippen molar-refractivity contribution in [3.8, 4) is 0 Å². The summed E-state index contributed by atoms with van der Waals surface area (Å²) in [7, 11) is 0. The van der Waals surface area contributed by atoms with Gasteiger partial charge in [-0.15, -0.1) is 0 Å². The number of unbranched alkanes of at least 4 members (excludes halogenated alkanes) is 1. The summed E-state index contributed by atoms with van der Waals surface area (Å²) in [5.74, 6) is 0.729. The van der Waals surface area contributed by atoms with Crippen LogP contribution in [-0.4, -0.2) is 19.0 Å². The molecule has 0 aliphatic heterocycles. The van der Waals surface area contributed by atoms with Crippen molar-refractivity contribution < 1.29 is 4.79 Å². The summed E-state index contributed by atoms with van der Waals surface area (Å²) < 4.78 is 0. The third-order valence-electron chi connectivity index (χ3n) is 2.93. The minimum absolute atomic E-state index is 0.180. The number of carbonyl (C=O) groups excluding carboxylic acids is 1. The highest BCUT2D eigenvalue weighted by Crippen LogP contribution is 2.23. The van der Waals surface area contributed by atoms with Gasteiger partial charge in [0, 0.05) is 6.42 Å². The number of amides is 1. The van der Waals surface area contributed by atoms with E-state index >= 15 is 0 Å². The van der Waals surface area contributed by atoms with Crippen molar-refractivity contribution in [1.29, 1.82) is 0 Å². The first kappa shape index (κ1) is 11.5. The monoisotopic (exact) mass is 198 g/mol. The lowest BCUT2D eigenvalue weighted by atomic mass is 10.1. The first-order valence-corrected chi connectivity index (χ1v) is 5.78. The molecule has 0 aromatic rings. The molecule has 0 heterocycles. The van der Waals surface area contributed by atoms with Crippen LogP contribution in [0.15, 0.2) is 0 Å². The third-order valence-corrected chi connectivity index (χ3v) is 2.93. The molecule has 0 spiro atoms. The Kier molecular flexibility index (Phi) is 5.60. The topological polar surface area (TPSA) is 55.1 Å². The number of primary amides is 1. The Morgan fingerprint density at radius 1 is 1.29 bits per heavy atom. The second-order valence-electron chi connectivity index (χ2n) is 4.28. The van der Waals surface area contributed by atoms with E-state index in [1.165, 1.54) is 25.7 Å². The highest BCUT2D eigenvalue weighted by molar-refractivity contribution is 5.73. The Balaban J connectivity index is 1.82. The van der Waals surface area contributed by atoms with Crippen LogP contribution in [0.5, 0.6) is 0 Å². The van der Waals surface area contributed by atoms with Crippen molar-refractivity contribution >= 4 is 5.91 Å². The zero-order valence-corrected chi connectivity index (χ0v) is 8.93. The van der Waals surface area contributed by atoms with Crippen molar-refractivity contribution in [1.82, 2.24) is 5.32 Å². The van der Waals surface area contributed by atoms with Gasteiger partial charge < -0.3 is 11.1 Å². The van der Waals surface area contributed by atoms with Crippen molar-refractivity contribution in [3.63, 3.8) is 0 Å². The molecule has 1 rings (SSSR count). The van der Waals surface area contributed by atoms with E-state index in [-0.39, 0.29) is 5.91 Å². The Bertz CT molecular complexity index is 165. The highest BCUT2D eigenvalue weighted by Gasteiger charge is 2.13. The number of hydrogen-bond acceptors (Lipinski definition) is 2. The van der Waals surface area contributed by atoms with Gasteiger partial charge in [-0.3, -0.25) is 4.79 Å². The first-order chi connectivity index (χ1) is 6.79. The molecule has 0 aromatic carbocycles. The van der Waals surface area contributed by atoms with Gasteiger partial charge in [0.05, 0.1) is 0 Å². The Labute approximate surface area is 86.4 Å². The van der Waals surface area contributed by atoms with E-state index in [0.29, 0.717) is 6.42 Å². The summed E-state index contributed by atoms with van der Waals surface area (Å²) in [6, 6.07) is 0. The molecule has 1 fully saturated rings. The molecule has 0 atom stereocenters. The maximum absolute atomic E-state index is 10.4. The van der Waals surface area contributed by atoms with Gasteiger partial charge in [-0.05, 0) is 44.7 Å². The van der Waals surface area contributed by atoms with E-state index < -0.39 is 0 Å². The van der Waals surface area contributed by atoms with Crippen LogP contribution < -0.4 is 11.1 Å². The molecule has 3 nitrogen and oxygen atoms in total. The SMILES string of the molecule is NC(=O)CCCCNCC1CCCC1. The van der Waals surface area contributed by atoms with E-state index in [9.17, 15) is 4.79 Å². The fourth-order valence-electron chi connectivity index (χ4n) is 2.07. The van der Waals surface area contributed by atoms with E-state index in [1.807, 2.05) is 0 Å². The minimum atomic E-state index is -0.180. The molecule has 1 aliphatic rings. The molecule has 0 saturated heterocycles. The van der Waals surface area contributed by atoms with Crippen LogP contribution in [0.2, 0.25) is 0 Å². The average Bonchev–Trinajstić information content (AvgIpc) is 2.63. The molecular formula is C11H22N2O. The number of nitrogens with two attached hydrogens (primary N) is 1. The third kappa shape index (κ3) is 5.22. The average molecular weight is 198 g/mol. The Hall–Kier alpha value is -0.570. The second-order valence-corrected chi connectivity index (χ2v) is 4.28. The van der Waals surface area contributed by atoms with Crippen LogP contribution in [-0.2, 0) is 4.79 Å². The van der Waals surface area contributed by atoms with Crippen LogP contribution >= 0.6 is 0 Å². The summed E-state index contributed by atoms with van der Waals surface area (Å²) in [6.07, 6.45) is 8.14. The van der Waals surface area contributed by atoms with Crippen LogP contribution in [0, 0.1) is 5.92 Å². The van der Waals surface area contributed by atoms with Gasteiger partial charge in [-0.1, -0.05) is 12.8 Å². The van der Waals surface area contributed by atoms with Gasteiger partial charge in [0.25, 0.3) is 0 Å². The second kappa shape index (κ2) is 6.82. The maximum atomic E-state index is 10.4. The number of nitrogens with one attached hydrogen (secondary N) is 1. The quantitative estimate of drug-likeness (QED) is 0.608. The molecule has 1 amide bonds. The standard InChI is InChI=1S/C11H22N2O/c12-11(14)7-3-4-8-13-9-10-5-1-2-6-10/h10,13H,1-9H2,(H2,12,14). The zero-order chi connectivity index (χ0) is 10.2. The molecule has 0 radical (unpaired) electrons. The van der Waals surface area contributed by atoms with E-state index in [1.54, 1.807) is 0 Å². The Morgan fingerprint density at radius 3 is 2.64 bits per heavy atom. The van der Waals surface area contributed by atoms with Gasteiger partial charge in [0.1, 0.15) is 0 Å². The fraction of sp³-hybridized carbons (Fsp3) is 0.909. The minimum Gasteiger partial charge on any atom is -0.370 e. The molecule has 3 N–H and O–H groups in total. The lowest BCUT2D eigenvalue weighted by Crippen LogP contribution is -2.22. The molecule has 3 heteroatoms. The molecule has 0 aromatic heterocycles. The predicted octanol–water partition coefficient (Wildman–Crippen LogP) is 1.42. The number of hydrogen-bond donors (Lipinski definition) is 2. The lowest BCUT2D eigenvalue weighted by molar-refractivity contribution is -0.118. The molecule has 14 heavy (non-hydrogen) atoms. The number of carbonyl (C=O) groups is 1. The van der Waals surface area contributed by atoms with Crippen molar-refractivity contribution in [2.75, 3.05) is 13.1 Å².